The highest BCUT2D eigenvalue weighted by Crippen LogP contribution is 2.15. The molecule has 0 atom stereocenters. The topological polar surface area (TPSA) is 41.0 Å². The summed E-state index contributed by atoms with van der Waals surface area (Å²) in [6.07, 6.45) is 0. The van der Waals surface area contributed by atoms with Crippen molar-refractivity contribution >= 4 is 24.3 Å². The van der Waals surface area contributed by atoms with E-state index in [-0.39, 0.29) is 0 Å². The van der Waals surface area contributed by atoms with Gasteiger partial charge in [0.15, 0.2) is 0 Å². The van der Waals surface area contributed by atoms with Gasteiger partial charge in [0.1, 0.15) is 17.5 Å². The Labute approximate surface area is 103 Å². The minimum absolute atomic E-state index is 0.795. The number of anilines is 2. The van der Waals surface area contributed by atoms with Crippen molar-refractivity contribution in [2.75, 3.05) is 35.6 Å². The highest BCUT2D eigenvalue weighted by atomic mass is 32.1. The third kappa shape index (κ3) is 3.56. The van der Waals surface area contributed by atoms with Gasteiger partial charge in [-0.2, -0.15) is 12.6 Å². The van der Waals surface area contributed by atoms with Gasteiger partial charge in [0.05, 0.1) is 0 Å². The summed E-state index contributed by atoms with van der Waals surface area (Å²) >= 11 is 4.16. The van der Waals surface area contributed by atoms with Crippen LogP contribution >= 0.6 is 12.6 Å². The number of hydrogen-bond acceptors (Lipinski definition) is 5. The van der Waals surface area contributed by atoms with Crippen LogP contribution in [0.2, 0.25) is 0 Å². The standard InChI is InChI=1S/C11H20N4S/c1-4-15(5-2)11-8-10(12-6-7-16)13-9(3)14-11/h8,16H,4-7H2,1-3H3,(H,12,13,14). The molecule has 0 aliphatic carbocycles. The molecule has 90 valence electrons. The maximum absolute atomic E-state index is 4.44. The van der Waals surface area contributed by atoms with E-state index in [0.29, 0.717) is 0 Å². The fourth-order valence-electron chi connectivity index (χ4n) is 1.54. The first kappa shape index (κ1) is 13.1. The van der Waals surface area contributed by atoms with Gasteiger partial charge in [-0.3, -0.25) is 0 Å². The zero-order valence-electron chi connectivity index (χ0n) is 10.2. The van der Waals surface area contributed by atoms with Crippen molar-refractivity contribution in [2.45, 2.75) is 20.8 Å². The van der Waals surface area contributed by atoms with E-state index in [1.165, 1.54) is 0 Å². The van der Waals surface area contributed by atoms with Crippen LogP contribution < -0.4 is 10.2 Å². The van der Waals surface area contributed by atoms with Gasteiger partial charge in [0.25, 0.3) is 0 Å². The molecule has 1 aromatic heterocycles. The molecule has 0 spiro atoms. The number of nitrogens with zero attached hydrogens (tertiary/aromatic N) is 3. The fourth-order valence-corrected chi connectivity index (χ4v) is 1.65. The summed E-state index contributed by atoms with van der Waals surface area (Å²) < 4.78 is 0. The Bertz CT molecular complexity index is 326. The van der Waals surface area contributed by atoms with E-state index in [2.05, 4.69) is 46.7 Å². The van der Waals surface area contributed by atoms with Crippen molar-refractivity contribution in [3.8, 4) is 0 Å². The van der Waals surface area contributed by atoms with Crippen LogP contribution in [-0.2, 0) is 0 Å². The predicted octanol–water partition coefficient (Wildman–Crippen LogP) is 1.97. The molecule has 0 fully saturated rings. The van der Waals surface area contributed by atoms with Crippen LogP contribution in [0.25, 0.3) is 0 Å². The van der Waals surface area contributed by atoms with Crippen molar-refractivity contribution in [1.82, 2.24) is 9.97 Å². The lowest BCUT2D eigenvalue weighted by atomic mass is 10.4. The molecule has 4 nitrogen and oxygen atoms in total. The summed E-state index contributed by atoms with van der Waals surface area (Å²) in [6, 6.07) is 1.99. The van der Waals surface area contributed by atoms with Gasteiger partial charge < -0.3 is 10.2 Å². The predicted molar refractivity (Wildman–Crippen MR) is 72.7 cm³/mol. The van der Waals surface area contributed by atoms with Crippen molar-refractivity contribution < 1.29 is 0 Å². The first-order valence-corrected chi connectivity index (χ1v) is 6.29. The van der Waals surface area contributed by atoms with Crippen LogP contribution in [0.5, 0.6) is 0 Å². The van der Waals surface area contributed by atoms with Gasteiger partial charge in [-0.25, -0.2) is 9.97 Å². The van der Waals surface area contributed by atoms with Crippen LogP contribution in [0, 0.1) is 6.92 Å². The summed E-state index contributed by atoms with van der Waals surface area (Å²) in [5.74, 6) is 3.46. The third-order valence-electron chi connectivity index (χ3n) is 2.33. The Hall–Kier alpha value is -0.970. The number of aryl methyl sites for hydroxylation is 1. The minimum Gasteiger partial charge on any atom is -0.369 e. The molecule has 1 N–H and O–H groups in total. The number of hydrogen-bond donors (Lipinski definition) is 2. The summed E-state index contributed by atoms with van der Waals surface area (Å²) in [5, 5.41) is 3.22. The van der Waals surface area contributed by atoms with Gasteiger partial charge in [0.2, 0.25) is 0 Å². The molecule has 0 amide bonds. The molecule has 1 heterocycles. The normalized spacial score (nSPS) is 10.2. The smallest absolute Gasteiger partial charge is 0.134 e. The molecule has 0 aliphatic heterocycles. The minimum atomic E-state index is 0.795. The summed E-state index contributed by atoms with van der Waals surface area (Å²) in [6.45, 7) is 8.90. The van der Waals surface area contributed by atoms with Crippen LogP contribution in [0.3, 0.4) is 0 Å². The van der Waals surface area contributed by atoms with E-state index in [0.717, 1.165) is 42.8 Å². The molecule has 0 saturated carbocycles. The number of aromatic nitrogens is 2. The van der Waals surface area contributed by atoms with E-state index >= 15 is 0 Å². The molecule has 0 aliphatic rings. The van der Waals surface area contributed by atoms with Crippen molar-refractivity contribution in [1.29, 1.82) is 0 Å². The Morgan fingerprint density at radius 2 is 2.00 bits per heavy atom. The fraction of sp³-hybridized carbons (Fsp3) is 0.636. The Kier molecular flexibility index (Phi) is 5.38. The van der Waals surface area contributed by atoms with E-state index in [1.54, 1.807) is 0 Å². The molecule has 0 radical (unpaired) electrons. The molecule has 5 heteroatoms. The second-order valence-electron chi connectivity index (χ2n) is 3.48. The van der Waals surface area contributed by atoms with E-state index in [9.17, 15) is 0 Å². The van der Waals surface area contributed by atoms with Crippen molar-refractivity contribution in [3.63, 3.8) is 0 Å². The lowest BCUT2D eigenvalue weighted by Crippen LogP contribution is -2.23. The Morgan fingerprint density at radius 1 is 1.31 bits per heavy atom. The van der Waals surface area contributed by atoms with Crippen LogP contribution in [-0.4, -0.2) is 35.4 Å². The van der Waals surface area contributed by atoms with Crippen LogP contribution in [0.4, 0.5) is 11.6 Å². The zero-order valence-corrected chi connectivity index (χ0v) is 11.1. The van der Waals surface area contributed by atoms with Crippen LogP contribution in [0.15, 0.2) is 6.07 Å². The molecule has 0 saturated heterocycles. The molecule has 1 aromatic rings. The summed E-state index contributed by atoms with van der Waals surface area (Å²) in [7, 11) is 0. The first-order valence-electron chi connectivity index (χ1n) is 5.66. The lowest BCUT2D eigenvalue weighted by molar-refractivity contribution is 0.834. The molecular formula is C11H20N4S. The van der Waals surface area contributed by atoms with Gasteiger partial charge in [-0.1, -0.05) is 0 Å². The van der Waals surface area contributed by atoms with Gasteiger partial charge in [0, 0.05) is 31.5 Å². The molecule has 16 heavy (non-hydrogen) atoms. The van der Waals surface area contributed by atoms with E-state index in [4.69, 9.17) is 0 Å². The number of nitrogens with one attached hydrogen (secondary N) is 1. The molecular weight excluding hydrogens is 220 g/mol. The SMILES string of the molecule is CCN(CC)c1cc(NCCS)nc(C)n1. The molecule has 0 unspecified atom stereocenters. The monoisotopic (exact) mass is 240 g/mol. The highest BCUT2D eigenvalue weighted by Gasteiger charge is 2.06. The zero-order chi connectivity index (χ0) is 12.0. The lowest BCUT2D eigenvalue weighted by Gasteiger charge is -2.20. The second-order valence-corrected chi connectivity index (χ2v) is 3.93. The Morgan fingerprint density at radius 3 is 2.56 bits per heavy atom. The highest BCUT2D eigenvalue weighted by molar-refractivity contribution is 7.80. The Balaban J connectivity index is 2.88. The number of thiol groups is 1. The average molecular weight is 240 g/mol. The van der Waals surface area contributed by atoms with E-state index < -0.39 is 0 Å². The maximum Gasteiger partial charge on any atom is 0.134 e. The summed E-state index contributed by atoms with van der Waals surface area (Å²) in [4.78, 5) is 11.0. The quantitative estimate of drug-likeness (QED) is 0.746. The molecule has 0 aromatic carbocycles. The van der Waals surface area contributed by atoms with Gasteiger partial charge >= 0.3 is 0 Å². The first-order chi connectivity index (χ1) is 7.71. The van der Waals surface area contributed by atoms with Crippen molar-refractivity contribution in [2.24, 2.45) is 0 Å². The largest absolute Gasteiger partial charge is 0.369 e. The average Bonchev–Trinajstić information content (AvgIpc) is 2.27. The third-order valence-corrected chi connectivity index (χ3v) is 2.55. The number of rotatable bonds is 6. The van der Waals surface area contributed by atoms with Gasteiger partial charge in [-0.05, 0) is 20.8 Å². The van der Waals surface area contributed by atoms with Gasteiger partial charge in [-0.15, -0.1) is 0 Å². The summed E-state index contributed by atoms with van der Waals surface area (Å²) in [5.41, 5.74) is 0. The maximum atomic E-state index is 4.44. The van der Waals surface area contributed by atoms with Crippen molar-refractivity contribution in [3.05, 3.63) is 11.9 Å². The molecule has 1 rings (SSSR count). The second kappa shape index (κ2) is 6.58. The van der Waals surface area contributed by atoms with Crippen LogP contribution in [0.1, 0.15) is 19.7 Å². The van der Waals surface area contributed by atoms with E-state index in [1.807, 2.05) is 13.0 Å². The molecule has 0 bridgehead atoms.